The van der Waals surface area contributed by atoms with Gasteiger partial charge in [-0.1, -0.05) is 35.9 Å². The van der Waals surface area contributed by atoms with Crippen molar-refractivity contribution in [3.05, 3.63) is 64.7 Å². The Labute approximate surface area is 133 Å². The van der Waals surface area contributed by atoms with Crippen LogP contribution in [0.1, 0.15) is 11.1 Å². The number of hydrogen-bond donors (Lipinski definition) is 2. The Hall–Kier alpha value is -2.33. The summed E-state index contributed by atoms with van der Waals surface area (Å²) >= 11 is 5.77. The van der Waals surface area contributed by atoms with E-state index < -0.39 is 11.7 Å². The summed E-state index contributed by atoms with van der Waals surface area (Å²) in [4.78, 5) is 23.5. The molecule has 4 nitrogen and oxygen atoms in total. The molecule has 0 aliphatic rings. The topological polar surface area (TPSA) is 66.4 Å². The summed E-state index contributed by atoms with van der Waals surface area (Å²) in [7, 11) is 0. The van der Waals surface area contributed by atoms with Gasteiger partial charge < -0.3 is 10.4 Å². The van der Waals surface area contributed by atoms with Gasteiger partial charge in [0.25, 0.3) is 5.91 Å². The summed E-state index contributed by atoms with van der Waals surface area (Å²) in [6.45, 7) is 0.371. The zero-order valence-electron chi connectivity index (χ0n) is 11.9. The number of hydrogen-bond acceptors (Lipinski definition) is 3. The lowest BCUT2D eigenvalue weighted by Gasteiger charge is -2.05. The molecule has 0 bridgehead atoms. The van der Waals surface area contributed by atoms with Gasteiger partial charge in [0.1, 0.15) is 5.75 Å². The highest BCUT2D eigenvalue weighted by Gasteiger charge is 2.13. The molecule has 5 heteroatoms. The molecule has 0 saturated carbocycles. The Morgan fingerprint density at radius 1 is 0.955 bits per heavy atom. The molecule has 0 unspecified atom stereocenters. The minimum Gasteiger partial charge on any atom is -0.508 e. The monoisotopic (exact) mass is 317 g/mol. The largest absolute Gasteiger partial charge is 0.508 e. The van der Waals surface area contributed by atoms with Crippen LogP contribution in [-0.4, -0.2) is 23.3 Å². The van der Waals surface area contributed by atoms with Crippen molar-refractivity contribution < 1.29 is 14.7 Å². The van der Waals surface area contributed by atoms with E-state index in [1.807, 2.05) is 0 Å². The Bertz CT molecular complexity index is 651. The van der Waals surface area contributed by atoms with Crippen molar-refractivity contribution in [2.75, 3.05) is 6.54 Å². The summed E-state index contributed by atoms with van der Waals surface area (Å²) in [5, 5.41) is 12.4. The van der Waals surface area contributed by atoms with E-state index in [4.69, 9.17) is 11.6 Å². The van der Waals surface area contributed by atoms with E-state index in [0.717, 1.165) is 11.1 Å². The van der Waals surface area contributed by atoms with E-state index in [1.54, 1.807) is 48.5 Å². The number of benzene rings is 2. The van der Waals surface area contributed by atoms with Crippen molar-refractivity contribution in [3.63, 3.8) is 0 Å². The molecule has 22 heavy (non-hydrogen) atoms. The average molecular weight is 318 g/mol. The van der Waals surface area contributed by atoms with Gasteiger partial charge in [-0.15, -0.1) is 0 Å². The van der Waals surface area contributed by atoms with Crippen molar-refractivity contribution >= 4 is 23.3 Å². The number of aromatic hydroxyl groups is 1. The van der Waals surface area contributed by atoms with E-state index in [2.05, 4.69) is 5.32 Å². The Balaban J connectivity index is 1.77. The summed E-state index contributed by atoms with van der Waals surface area (Å²) in [6.07, 6.45) is 0.655. The standard InChI is InChI=1S/C17H16ClNO3/c18-14-5-1-13(2-6-14)11-16(21)17(22)19-10-9-12-3-7-15(20)8-4-12/h1-8,20H,9-11H2,(H,19,22). The van der Waals surface area contributed by atoms with Crippen LogP contribution < -0.4 is 5.32 Å². The normalized spacial score (nSPS) is 10.2. The van der Waals surface area contributed by atoms with Gasteiger partial charge in [-0.2, -0.15) is 0 Å². The molecule has 0 aliphatic carbocycles. The number of Topliss-reactive ketones (excluding diaryl/α,β-unsaturated/α-hetero) is 1. The van der Waals surface area contributed by atoms with Crippen LogP contribution in [0.15, 0.2) is 48.5 Å². The molecule has 0 heterocycles. The first-order valence-corrected chi connectivity index (χ1v) is 7.26. The maximum absolute atomic E-state index is 11.8. The molecule has 2 aromatic rings. The summed E-state index contributed by atoms with van der Waals surface area (Å²) in [6, 6.07) is 13.5. The lowest BCUT2D eigenvalue weighted by molar-refractivity contribution is -0.137. The van der Waals surface area contributed by atoms with Crippen molar-refractivity contribution in [1.82, 2.24) is 5.32 Å². The summed E-state index contributed by atoms with van der Waals surface area (Å²) in [5.74, 6) is -0.868. The molecule has 0 spiro atoms. The van der Waals surface area contributed by atoms with E-state index in [-0.39, 0.29) is 12.2 Å². The predicted octanol–water partition coefficient (Wildman–Crippen LogP) is 2.52. The maximum atomic E-state index is 11.8. The fourth-order valence-corrected chi connectivity index (χ4v) is 2.08. The Kier molecular flexibility index (Phi) is 5.55. The molecule has 0 aromatic heterocycles. The SMILES string of the molecule is O=C(Cc1ccc(Cl)cc1)C(=O)NCCc1ccc(O)cc1. The molecular formula is C17H16ClNO3. The van der Waals surface area contributed by atoms with Crippen LogP contribution in [0.2, 0.25) is 5.02 Å². The van der Waals surface area contributed by atoms with Gasteiger partial charge in [0.05, 0.1) is 0 Å². The van der Waals surface area contributed by atoms with Crippen molar-refractivity contribution in [2.45, 2.75) is 12.8 Å². The summed E-state index contributed by atoms with van der Waals surface area (Å²) in [5.41, 5.74) is 1.73. The van der Waals surface area contributed by atoms with Gasteiger partial charge in [-0.05, 0) is 41.8 Å². The third kappa shape index (κ3) is 4.90. The number of ketones is 1. The predicted molar refractivity (Wildman–Crippen MR) is 85.0 cm³/mol. The molecule has 2 rings (SSSR count). The van der Waals surface area contributed by atoms with Crippen LogP contribution in [0.25, 0.3) is 0 Å². The first-order valence-electron chi connectivity index (χ1n) is 6.88. The van der Waals surface area contributed by atoms with Gasteiger partial charge in [-0.25, -0.2) is 0 Å². The number of carbonyl (C=O) groups excluding carboxylic acids is 2. The minimum atomic E-state index is -0.589. The fourth-order valence-electron chi connectivity index (χ4n) is 1.95. The highest BCUT2D eigenvalue weighted by Crippen LogP contribution is 2.11. The van der Waals surface area contributed by atoms with Gasteiger partial charge in [0, 0.05) is 18.0 Å². The number of amides is 1. The molecular weight excluding hydrogens is 302 g/mol. The van der Waals surface area contributed by atoms with E-state index in [9.17, 15) is 14.7 Å². The lowest BCUT2D eigenvalue weighted by atomic mass is 10.1. The Morgan fingerprint density at radius 3 is 2.18 bits per heavy atom. The second-order valence-corrected chi connectivity index (χ2v) is 5.34. The number of nitrogens with one attached hydrogen (secondary N) is 1. The molecule has 0 fully saturated rings. The molecule has 0 aliphatic heterocycles. The number of carbonyl (C=O) groups is 2. The maximum Gasteiger partial charge on any atom is 0.287 e. The zero-order chi connectivity index (χ0) is 15.9. The quantitative estimate of drug-likeness (QED) is 0.805. The second kappa shape index (κ2) is 7.61. The molecule has 2 N–H and O–H groups in total. The fraction of sp³-hybridized carbons (Fsp3) is 0.176. The van der Waals surface area contributed by atoms with Crippen LogP contribution >= 0.6 is 11.6 Å². The number of rotatable bonds is 6. The van der Waals surface area contributed by atoms with E-state index >= 15 is 0 Å². The van der Waals surface area contributed by atoms with Crippen LogP contribution in [0.5, 0.6) is 5.75 Å². The van der Waals surface area contributed by atoms with E-state index in [0.29, 0.717) is 18.0 Å². The van der Waals surface area contributed by atoms with Gasteiger partial charge in [-0.3, -0.25) is 9.59 Å². The van der Waals surface area contributed by atoms with Gasteiger partial charge in [0.2, 0.25) is 5.78 Å². The highest BCUT2D eigenvalue weighted by molar-refractivity contribution is 6.36. The molecule has 0 atom stereocenters. The van der Waals surface area contributed by atoms with Crippen molar-refractivity contribution in [1.29, 1.82) is 0 Å². The third-order valence-corrected chi connectivity index (χ3v) is 3.42. The molecule has 2 aromatic carbocycles. The first kappa shape index (κ1) is 16.0. The first-order chi connectivity index (χ1) is 10.5. The van der Waals surface area contributed by atoms with Crippen LogP contribution in [0.3, 0.4) is 0 Å². The van der Waals surface area contributed by atoms with Gasteiger partial charge in [0.15, 0.2) is 0 Å². The highest BCUT2D eigenvalue weighted by atomic mass is 35.5. The van der Waals surface area contributed by atoms with Gasteiger partial charge >= 0.3 is 0 Å². The van der Waals surface area contributed by atoms with Crippen molar-refractivity contribution in [3.8, 4) is 5.75 Å². The lowest BCUT2D eigenvalue weighted by Crippen LogP contribution is -2.33. The van der Waals surface area contributed by atoms with Crippen LogP contribution in [-0.2, 0) is 22.4 Å². The summed E-state index contributed by atoms with van der Waals surface area (Å²) < 4.78 is 0. The van der Waals surface area contributed by atoms with Crippen molar-refractivity contribution in [2.24, 2.45) is 0 Å². The van der Waals surface area contributed by atoms with Crippen LogP contribution in [0.4, 0.5) is 0 Å². The van der Waals surface area contributed by atoms with E-state index in [1.165, 1.54) is 0 Å². The average Bonchev–Trinajstić information content (AvgIpc) is 2.51. The minimum absolute atomic E-state index is 0.0577. The number of phenolic OH excluding ortho intramolecular Hbond substituents is 1. The Morgan fingerprint density at radius 2 is 1.55 bits per heavy atom. The third-order valence-electron chi connectivity index (χ3n) is 3.17. The molecule has 0 radical (unpaired) electrons. The second-order valence-electron chi connectivity index (χ2n) is 4.90. The smallest absolute Gasteiger partial charge is 0.287 e. The number of phenols is 1. The molecule has 114 valence electrons. The number of halogens is 1. The molecule has 1 amide bonds. The molecule has 0 saturated heterocycles. The van der Waals surface area contributed by atoms with Crippen LogP contribution in [0, 0.1) is 0 Å². The zero-order valence-corrected chi connectivity index (χ0v) is 12.6.